The summed E-state index contributed by atoms with van der Waals surface area (Å²) in [5.74, 6) is -3.58. The zero-order chi connectivity index (χ0) is 31.4. The van der Waals surface area contributed by atoms with Gasteiger partial charge in [0.2, 0.25) is 5.60 Å². The number of aliphatic hydroxyl groups is 2. The molecule has 0 spiro atoms. The second kappa shape index (κ2) is 13.2. The number of unbranched alkanes of at least 4 members (excludes halogenated alkanes) is 4. The van der Waals surface area contributed by atoms with Crippen molar-refractivity contribution in [3.63, 3.8) is 0 Å². The van der Waals surface area contributed by atoms with E-state index in [0.717, 1.165) is 32.6 Å². The Hall–Kier alpha value is -3.50. The number of fused-ring (bicyclic) bond motifs is 2. The fourth-order valence-electron chi connectivity index (χ4n) is 5.20. The van der Waals surface area contributed by atoms with Crippen LogP contribution in [0.5, 0.6) is 0 Å². The summed E-state index contributed by atoms with van der Waals surface area (Å²) in [5.41, 5.74) is -3.84. The Kier molecular flexibility index (Phi) is 10.4. The SMILES string of the molecule is CC=C(C)C(=O)OC1=C(OC(=O)CCCCCCC)C2=C(C)C=C3OC(=O)C(C)(O)C3(O)C(OC(=O)CCC)C2=C1C. The van der Waals surface area contributed by atoms with Gasteiger partial charge in [0.25, 0.3) is 0 Å². The fraction of sp³-hybridized carbons (Fsp3) is 0.562. The lowest BCUT2D eigenvalue weighted by Gasteiger charge is -2.38. The first kappa shape index (κ1) is 33.0. The van der Waals surface area contributed by atoms with Gasteiger partial charge < -0.3 is 29.2 Å². The van der Waals surface area contributed by atoms with E-state index in [1.165, 1.54) is 6.08 Å². The highest BCUT2D eigenvalue weighted by atomic mass is 16.6. The van der Waals surface area contributed by atoms with Crippen LogP contribution in [0, 0.1) is 0 Å². The molecule has 0 aromatic rings. The molecule has 0 saturated carbocycles. The van der Waals surface area contributed by atoms with E-state index in [-0.39, 0.29) is 46.8 Å². The van der Waals surface area contributed by atoms with E-state index in [2.05, 4.69) is 6.92 Å². The molecule has 3 unspecified atom stereocenters. The number of allylic oxidation sites excluding steroid dienone is 5. The molecule has 10 heteroatoms. The first-order valence-electron chi connectivity index (χ1n) is 14.6. The molecule has 42 heavy (non-hydrogen) atoms. The summed E-state index contributed by atoms with van der Waals surface area (Å²) in [6.07, 6.45) is 6.33. The quantitative estimate of drug-likeness (QED) is 0.140. The average molecular weight is 587 g/mol. The van der Waals surface area contributed by atoms with Crippen molar-refractivity contribution < 1.29 is 48.3 Å². The maximum atomic E-state index is 13.1. The predicted molar refractivity (Wildman–Crippen MR) is 152 cm³/mol. The molecule has 1 aliphatic heterocycles. The van der Waals surface area contributed by atoms with Gasteiger partial charge in [-0.2, -0.15) is 0 Å². The van der Waals surface area contributed by atoms with Gasteiger partial charge in [-0.25, -0.2) is 9.59 Å². The molecular weight excluding hydrogens is 544 g/mol. The molecule has 1 heterocycles. The largest absolute Gasteiger partial charge is 0.454 e. The summed E-state index contributed by atoms with van der Waals surface area (Å²) in [7, 11) is 0. The summed E-state index contributed by atoms with van der Waals surface area (Å²) in [6.45, 7) is 11.4. The summed E-state index contributed by atoms with van der Waals surface area (Å²) >= 11 is 0. The minimum absolute atomic E-state index is 0.0113. The molecule has 0 aromatic carbocycles. The van der Waals surface area contributed by atoms with E-state index in [9.17, 15) is 29.4 Å². The molecule has 2 N–H and O–H groups in total. The molecule has 230 valence electrons. The normalized spacial score (nSPS) is 25.5. The van der Waals surface area contributed by atoms with E-state index in [1.807, 2.05) is 0 Å². The van der Waals surface area contributed by atoms with Crippen molar-refractivity contribution in [2.45, 2.75) is 117 Å². The van der Waals surface area contributed by atoms with Gasteiger partial charge in [0.15, 0.2) is 23.2 Å². The number of hydrogen-bond donors (Lipinski definition) is 2. The second-order valence-corrected chi connectivity index (χ2v) is 11.1. The molecule has 10 nitrogen and oxygen atoms in total. The van der Waals surface area contributed by atoms with Crippen molar-refractivity contribution in [3.8, 4) is 0 Å². The second-order valence-electron chi connectivity index (χ2n) is 11.1. The maximum absolute atomic E-state index is 13.1. The van der Waals surface area contributed by atoms with E-state index >= 15 is 0 Å². The lowest BCUT2D eigenvalue weighted by atomic mass is 9.76. The van der Waals surface area contributed by atoms with Crippen LogP contribution in [0.4, 0.5) is 0 Å². The van der Waals surface area contributed by atoms with Crippen molar-refractivity contribution in [2.24, 2.45) is 0 Å². The molecule has 0 bridgehead atoms. The highest BCUT2D eigenvalue weighted by Crippen LogP contribution is 2.53. The van der Waals surface area contributed by atoms with Gasteiger partial charge in [-0.15, -0.1) is 0 Å². The highest BCUT2D eigenvalue weighted by Gasteiger charge is 2.69. The van der Waals surface area contributed by atoms with Crippen molar-refractivity contribution in [1.29, 1.82) is 0 Å². The van der Waals surface area contributed by atoms with E-state index in [1.54, 1.807) is 40.7 Å². The van der Waals surface area contributed by atoms with Crippen molar-refractivity contribution in [1.82, 2.24) is 0 Å². The minimum Gasteiger partial charge on any atom is -0.454 e. The van der Waals surface area contributed by atoms with Crippen LogP contribution in [0.1, 0.15) is 99.8 Å². The van der Waals surface area contributed by atoms with Crippen LogP contribution in [0.2, 0.25) is 0 Å². The average Bonchev–Trinajstić information content (AvgIpc) is 3.24. The standard InChI is InChI=1S/C32H42O10/c1-8-11-12-13-14-16-23(34)40-27-24-19(5)17-21-32(38,31(7,37)30(36)39-21)28(41-22(33)15-9-2)25(24)20(6)26(27)42-29(35)18(4)10-3/h10,17,28,37-38H,8-9,11-16H2,1-7H3. The van der Waals surface area contributed by atoms with Crippen LogP contribution >= 0.6 is 0 Å². The van der Waals surface area contributed by atoms with E-state index in [0.29, 0.717) is 24.0 Å². The zero-order valence-corrected chi connectivity index (χ0v) is 25.5. The summed E-state index contributed by atoms with van der Waals surface area (Å²) < 4.78 is 22.7. The van der Waals surface area contributed by atoms with Crippen LogP contribution in [0.15, 0.2) is 57.3 Å². The van der Waals surface area contributed by atoms with E-state index in [4.69, 9.17) is 18.9 Å². The Morgan fingerprint density at radius 3 is 2.26 bits per heavy atom. The molecular formula is C32H42O10. The Labute approximate surface area is 246 Å². The summed E-state index contributed by atoms with van der Waals surface area (Å²) in [5, 5.41) is 23.3. The molecule has 0 radical (unpaired) electrons. The number of esters is 4. The number of carbonyl (C=O) groups is 4. The molecule has 0 amide bonds. The molecule has 1 fully saturated rings. The van der Waals surface area contributed by atoms with E-state index < -0.39 is 41.2 Å². The predicted octanol–water partition coefficient (Wildman–Crippen LogP) is 4.91. The van der Waals surface area contributed by atoms with Gasteiger partial charge in [-0.1, -0.05) is 45.6 Å². The fourth-order valence-corrected chi connectivity index (χ4v) is 5.20. The minimum atomic E-state index is -2.54. The molecule has 3 atom stereocenters. The van der Waals surface area contributed by atoms with Gasteiger partial charge in [-0.05, 0) is 59.1 Å². The lowest BCUT2D eigenvalue weighted by molar-refractivity contribution is -0.184. The lowest BCUT2D eigenvalue weighted by Crippen LogP contribution is -2.61. The van der Waals surface area contributed by atoms with Crippen LogP contribution in [0.3, 0.4) is 0 Å². The summed E-state index contributed by atoms with van der Waals surface area (Å²) in [4.78, 5) is 51.6. The molecule has 1 saturated heterocycles. The van der Waals surface area contributed by atoms with Crippen LogP contribution in [-0.4, -0.2) is 51.4 Å². The Bertz CT molecular complexity index is 1310. The monoisotopic (exact) mass is 586 g/mol. The molecule has 3 aliphatic rings. The molecule has 0 aromatic heterocycles. The first-order chi connectivity index (χ1) is 19.8. The van der Waals surface area contributed by atoms with Crippen LogP contribution in [0.25, 0.3) is 0 Å². The third kappa shape index (κ3) is 6.01. The van der Waals surface area contributed by atoms with Crippen LogP contribution < -0.4 is 0 Å². The molecule has 3 rings (SSSR count). The Balaban J connectivity index is 2.19. The number of rotatable bonds is 12. The van der Waals surface area contributed by atoms with Crippen molar-refractivity contribution in [3.05, 3.63) is 57.3 Å². The van der Waals surface area contributed by atoms with Crippen LogP contribution in [-0.2, 0) is 38.1 Å². The first-order valence-corrected chi connectivity index (χ1v) is 14.6. The number of ether oxygens (including phenoxy) is 4. The number of hydrogen-bond acceptors (Lipinski definition) is 10. The topological polar surface area (TPSA) is 146 Å². The van der Waals surface area contributed by atoms with Gasteiger partial charge >= 0.3 is 23.9 Å². The third-order valence-corrected chi connectivity index (χ3v) is 7.90. The van der Waals surface area contributed by atoms with Gasteiger partial charge in [-0.3, -0.25) is 9.59 Å². The maximum Gasteiger partial charge on any atom is 0.346 e. The van der Waals surface area contributed by atoms with Crippen molar-refractivity contribution >= 4 is 23.9 Å². The zero-order valence-electron chi connectivity index (χ0n) is 25.5. The van der Waals surface area contributed by atoms with Gasteiger partial charge in [0.05, 0.1) is 0 Å². The third-order valence-electron chi connectivity index (χ3n) is 7.90. The van der Waals surface area contributed by atoms with Crippen molar-refractivity contribution in [2.75, 3.05) is 0 Å². The Morgan fingerprint density at radius 2 is 1.64 bits per heavy atom. The van der Waals surface area contributed by atoms with Gasteiger partial charge in [0, 0.05) is 35.1 Å². The number of carbonyl (C=O) groups excluding carboxylic acids is 4. The molecule has 2 aliphatic carbocycles. The Morgan fingerprint density at radius 1 is 0.976 bits per heavy atom. The van der Waals surface area contributed by atoms with Gasteiger partial charge in [0.1, 0.15) is 5.76 Å². The smallest absolute Gasteiger partial charge is 0.346 e. The summed E-state index contributed by atoms with van der Waals surface area (Å²) in [6, 6.07) is 0. The highest BCUT2D eigenvalue weighted by molar-refractivity contribution is 5.90.